The Balaban J connectivity index is 2.08. The van der Waals surface area contributed by atoms with Crippen LogP contribution in [0.15, 0.2) is 12.4 Å². The molecule has 1 fully saturated rings. The number of hydrogen-bond donors (Lipinski definition) is 1. The van der Waals surface area contributed by atoms with Crippen molar-refractivity contribution in [2.75, 3.05) is 18.0 Å². The molecule has 4 nitrogen and oxygen atoms in total. The molecule has 2 heterocycles. The molecule has 1 saturated heterocycles. The molecule has 2 rings (SSSR count). The van der Waals surface area contributed by atoms with Gasteiger partial charge >= 0.3 is 0 Å². The number of hydrogen-bond acceptors (Lipinski definition) is 4. The summed E-state index contributed by atoms with van der Waals surface area (Å²) >= 11 is 0. The van der Waals surface area contributed by atoms with E-state index in [1.807, 2.05) is 12.4 Å². The van der Waals surface area contributed by atoms with Gasteiger partial charge in [-0.25, -0.2) is 4.98 Å². The van der Waals surface area contributed by atoms with Crippen LogP contribution in [0.25, 0.3) is 0 Å². The molecule has 1 aromatic heterocycles. The Morgan fingerprint density at radius 2 is 2.29 bits per heavy atom. The first-order valence-corrected chi connectivity index (χ1v) is 6.59. The molecule has 0 saturated carbocycles. The summed E-state index contributed by atoms with van der Waals surface area (Å²) in [5.74, 6) is 1.03. The summed E-state index contributed by atoms with van der Waals surface area (Å²) in [6.45, 7) is 7.26. The van der Waals surface area contributed by atoms with Crippen LogP contribution in [-0.2, 0) is 6.54 Å². The van der Waals surface area contributed by atoms with Crippen LogP contribution >= 0.6 is 0 Å². The predicted octanol–water partition coefficient (Wildman–Crippen LogP) is 1.96. The average Bonchev–Trinajstić information content (AvgIpc) is 2.37. The van der Waals surface area contributed by atoms with Crippen LogP contribution in [0.4, 0.5) is 5.82 Å². The predicted molar refractivity (Wildman–Crippen MR) is 70.1 cm³/mol. The molecular formula is C13H22N4. The second-order valence-corrected chi connectivity index (χ2v) is 4.69. The number of nitrogens with zero attached hydrogens (tertiary/aromatic N) is 3. The number of nitrogens with one attached hydrogen (secondary N) is 1. The number of aromatic nitrogens is 2. The van der Waals surface area contributed by atoms with Crippen molar-refractivity contribution >= 4 is 5.82 Å². The SMILES string of the molecule is CCNCc1cncc(N2CCCCC2C)n1. The molecule has 1 N–H and O–H groups in total. The first kappa shape index (κ1) is 12.3. The first-order chi connectivity index (χ1) is 8.31. The van der Waals surface area contributed by atoms with Crippen LogP contribution in [0.5, 0.6) is 0 Å². The molecule has 1 aromatic rings. The van der Waals surface area contributed by atoms with Crippen molar-refractivity contribution in [3.63, 3.8) is 0 Å². The van der Waals surface area contributed by atoms with E-state index in [0.717, 1.165) is 31.1 Å². The van der Waals surface area contributed by atoms with Gasteiger partial charge < -0.3 is 10.2 Å². The molecule has 94 valence electrons. The minimum Gasteiger partial charge on any atom is -0.353 e. The van der Waals surface area contributed by atoms with E-state index in [-0.39, 0.29) is 0 Å². The van der Waals surface area contributed by atoms with Crippen LogP contribution < -0.4 is 10.2 Å². The molecule has 0 aliphatic carbocycles. The van der Waals surface area contributed by atoms with E-state index in [1.165, 1.54) is 19.3 Å². The maximum atomic E-state index is 4.69. The summed E-state index contributed by atoms with van der Waals surface area (Å²) in [7, 11) is 0. The lowest BCUT2D eigenvalue weighted by Gasteiger charge is -2.34. The molecule has 0 spiro atoms. The van der Waals surface area contributed by atoms with Crippen molar-refractivity contribution in [3.8, 4) is 0 Å². The van der Waals surface area contributed by atoms with Crippen LogP contribution in [0.3, 0.4) is 0 Å². The number of piperidine rings is 1. The second kappa shape index (κ2) is 5.96. The van der Waals surface area contributed by atoms with E-state index in [0.29, 0.717) is 6.04 Å². The summed E-state index contributed by atoms with van der Waals surface area (Å²) in [6, 6.07) is 0.590. The Morgan fingerprint density at radius 1 is 1.41 bits per heavy atom. The van der Waals surface area contributed by atoms with Gasteiger partial charge in [-0.15, -0.1) is 0 Å². The van der Waals surface area contributed by atoms with Crippen molar-refractivity contribution in [1.82, 2.24) is 15.3 Å². The minimum absolute atomic E-state index is 0.590. The van der Waals surface area contributed by atoms with E-state index >= 15 is 0 Å². The molecule has 1 aliphatic rings. The highest BCUT2D eigenvalue weighted by Crippen LogP contribution is 2.22. The fourth-order valence-electron chi connectivity index (χ4n) is 2.31. The third-order valence-electron chi connectivity index (χ3n) is 3.33. The lowest BCUT2D eigenvalue weighted by molar-refractivity contribution is 0.480. The first-order valence-electron chi connectivity index (χ1n) is 6.59. The molecule has 0 aromatic carbocycles. The summed E-state index contributed by atoms with van der Waals surface area (Å²) < 4.78 is 0. The zero-order chi connectivity index (χ0) is 12.1. The summed E-state index contributed by atoms with van der Waals surface area (Å²) in [5.41, 5.74) is 1.03. The van der Waals surface area contributed by atoms with Gasteiger partial charge in [0.25, 0.3) is 0 Å². The normalized spacial score (nSPS) is 20.6. The van der Waals surface area contributed by atoms with Crippen LogP contribution in [0.2, 0.25) is 0 Å². The topological polar surface area (TPSA) is 41.1 Å². The fourth-order valence-corrected chi connectivity index (χ4v) is 2.31. The van der Waals surface area contributed by atoms with Crippen molar-refractivity contribution < 1.29 is 0 Å². The van der Waals surface area contributed by atoms with Crippen molar-refractivity contribution in [1.29, 1.82) is 0 Å². The second-order valence-electron chi connectivity index (χ2n) is 4.69. The summed E-state index contributed by atoms with van der Waals surface area (Å²) in [4.78, 5) is 11.4. The van der Waals surface area contributed by atoms with Crippen LogP contribution in [-0.4, -0.2) is 29.1 Å². The molecule has 0 bridgehead atoms. The highest BCUT2D eigenvalue weighted by Gasteiger charge is 2.19. The third kappa shape index (κ3) is 3.16. The number of rotatable bonds is 4. The highest BCUT2D eigenvalue weighted by atomic mass is 15.2. The van der Waals surface area contributed by atoms with Gasteiger partial charge in [-0.1, -0.05) is 6.92 Å². The van der Waals surface area contributed by atoms with Gasteiger partial charge in [0.1, 0.15) is 5.82 Å². The lowest BCUT2D eigenvalue weighted by Crippen LogP contribution is -2.38. The van der Waals surface area contributed by atoms with Gasteiger partial charge in [-0.2, -0.15) is 0 Å². The van der Waals surface area contributed by atoms with E-state index in [9.17, 15) is 0 Å². The molecule has 17 heavy (non-hydrogen) atoms. The zero-order valence-corrected chi connectivity index (χ0v) is 10.8. The molecule has 0 amide bonds. The Morgan fingerprint density at radius 3 is 3.06 bits per heavy atom. The minimum atomic E-state index is 0.590. The van der Waals surface area contributed by atoms with E-state index < -0.39 is 0 Å². The smallest absolute Gasteiger partial charge is 0.147 e. The maximum absolute atomic E-state index is 4.69. The molecular weight excluding hydrogens is 212 g/mol. The summed E-state index contributed by atoms with van der Waals surface area (Å²) in [6.07, 6.45) is 7.60. The lowest BCUT2D eigenvalue weighted by atomic mass is 10.0. The molecule has 0 radical (unpaired) electrons. The van der Waals surface area contributed by atoms with Crippen molar-refractivity contribution in [2.24, 2.45) is 0 Å². The Kier molecular flexibility index (Phi) is 4.31. The maximum Gasteiger partial charge on any atom is 0.147 e. The van der Waals surface area contributed by atoms with Gasteiger partial charge in [-0.05, 0) is 32.7 Å². The van der Waals surface area contributed by atoms with Crippen LogP contribution in [0.1, 0.15) is 38.8 Å². The van der Waals surface area contributed by atoms with E-state index in [4.69, 9.17) is 0 Å². The average molecular weight is 234 g/mol. The molecule has 1 atom stereocenters. The van der Waals surface area contributed by atoms with Gasteiger partial charge in [0.15, 0.2) is 0 Å². The molecule has 1 aliphatic heterocycles. The van der Waals surface area contributed by atoms with E-state index in [1.54, 1.807) is 0 Å². The largest absolute Gasteiger partial charge is 0.353 e. The Labute approximate surface area is 103 Å². The quantitative estimate of drug-likeness (QED) is 0.864. The monoisotopic (exact) mass is 234 g/mol. The van der Waals surface area contributed by atoms with Gasteiger partial charge in [0, 0.05) is 25.3 Å². The standard InChI is InChI=1S/C13H22N4/c1-3-14-8-12-9-15-10-13(16-12)17-7-5-4-6-11(17)2/h9-11,14H,3-8H2,1-2H3. The van der Waals surface area contributed by atoms with Crippen molar-refractivity contribution in [2.45, 2.75) is 45.7 Å². The Bertz CT molecular complexity index is 353. The van der Waals surface area contributed by atoms with Gasteiger partial charge in [0.2, 0.25) is 0 Å². The van der Waals surface area contributed by atoms with Gasteiger partial charge in [-0.3, -0.25) is 4.98 Å². The van der Waals surface area contributed by atoms with Gasteiger partial charge in [0.05, 0.1) is 11.9 Å². The highest BCUT2D eigenvalue weighted by molar-refractivity contribution is 5.38. The van der Waals surface area contributed by atoms with E-state index in [2.05, 4.69) is 34.0 Å². The fraction of sp³-hybridized carbons (Fsp3) is 0.692. The number of anilines is 1. The van der Waals surface area contributed by atoms with Crippen LogP contribution in [0, 0.1) is 0 Å². The molecule has 4 heteroatoms. The summed E-state index contributed by atoms with van der Waals surface area (Å²) in [5, 5.41) is 3.28. The Hall–Kier alpha value is -1.16. The van der Waals surface area contributed by atoms with Crippen molar-refractivity contribution in [3.05, 3.63) is 18.1 Å². The molecule has 1 unspecified atom stereocenters. The third-order valence-corrected chi connectivity index (χ3v) is 3.33. The zero-order valence-electron chi connectivity index (χ0n) is 10.8.